The van der Waals surface area contributed by atoms with Crippen molar-refractivity contribution in [2.75, 3.05) is 13.1 Å². The minimum absolute atomic E-state index is 0.228. The lowest BCUT2D eigenvalue weighted by Crippen LogP contribution is -2.39. The molecule has 0 saturated carbocycles. The number of imide groups is 1. The maximum atomic E-state index is 12.3. The quantitative estimate of drug-likeness (QED) is 0.802. The first-order chi connectivity index (χ1) is 11.4. The minimum Gasteiger partial charge on any atom is -0.355 e. The van der Waals surface area contributed by atoms with Gasteiger partial charge in [0.15, 0.2) is 0 Å². The molecule has 2 rings (SSSR count). The van der Waals surface area contributed by atoms with E-state index in [1.807, 2.05) is 31.2 Å². The van der Waals surface area contributed by atoms with E-state index in [4.69, 9.17) is 0 Å². The van der Waals surface area contributed by atoms with Crippen LogP contribution < -0.4 is 5.32 Å². The van der Waals surface area contributed by atoms with Crippen LogP contribution in [0.4, 0.5) is 4.79 Å². The van der Waals surface area contributed by atoms with Crippen LogP contribution in [0.5, 0.6) is 0 Å². The highest BCUT2D eigenvalue weighted by Gasteiger charge is 2.36. The number of carbonyl (C=O) groups excluding carboxylic acids is 3. The molecule has 0 bridgehead atoms. The van der Waals surface area contributed by atoms with E-state index in [1.54, 1.807) is 6.08 Å². The van der Waals surface area contributed by atoms with Gasteiger partial charge in [-0.15, -0.1) is 0 Å². The van der Waals surface area contributed by atoms with Gasteiger partial charge in [0.2, 0.25) is 5.91 Å². The molecule has 1 aliphatic rings. The van der Waals surface area contributed by atoms with E-state index in [0.29, 0.717) is 17.4 Å². The molecule has 0 spiro atoms. The van der Waals surface area contributed by atoms with Crippen molar-refractivity contribution < 1.29 is 14.4 Å². The fourth-order valence-corrected chi connectivity index (χ4v) is 3.07. The Morgan fingerprint density at radius 3 is 2.50 bits per heavy atom. The highest BCUT2D eigenvalue weighted by Crippen LogP contribution is 2.32. The van der Waals surface area contributed by atoms with Gasteiger partial charge < -0.3 is 5.32 Å². The normalized spacial score (nSPS) is 16.3. The van der Waals surface area contributed by atoms with Crippen molar-refractivity contribution >= 4 is 34.9 Å². The summed E-state index contributed by atoms with van der Waals surface area (Å²) < 4.78 is 0. The van der Waals surface area contributed by atoms with Gasteiger partial charge >= 0.3 is 0 Å². The largest absolute Gasteiger partial charge is 0.355 e. The molecular weight excluding hydrogens is 324 g/mol. The van der Waals surface area contributed by atoms with Crippen LogP contribution in [0.15, 0.2) is 29.2 Å². The number of hydrogen-bond acceptors (Lipinski definition) is 4. The Morgan fingerprint density at radius 1 is 1.25 bits per heavy atom. The van der Waals surface area contributed by atoms with E-state index < -0.39 is 11.1 Å². The van der Waals surface area contributed by atoms with Crippen molar-refractivity contribution in [1.29, 1.82) is 0 Å². The third-order valence-corrected chi connectivity index (χ3v) is 4.56. The number of nitrogens with one attached hydrogen (secondary N) is 1. The van der Waals surface area contributed by atoms with Crippen molar-refractivity contribution in [3.05, 3.63) is 40.3 Å². The summed E-state index contributed by atoms with van der Waals surface area (Å²) in [5.41, 5.74) is 2.08. The van der Waals surface area contributed by atoms with Gasteiger partial charge in [0, 0.05) is 6.54 Å². The molecule has 1 aromatic carbocycles. The summed E-state index contributed by atoms with van der Waals surface area (Å²) in [6, 6.07) is 7.88. The molecule has 0 aliphatic carbocycles. The van der Waals surface area contributed by atoms with Gasteiger partial charge in [-0.2, -0.15) is 0 Å². The van der Waals surface area contributed by atoms with Crippen LogP contribution in [-0.2, 0) is 9.59 Å². The average molecular weight is 346 g/mol. The molecule has 1 heterocycles. The first-order valence-electron chi connectivity index (χ1n) is 8.04. The first-order valence-corrected chi connectivity index (χ1v) is 8.86. The average Bonchev–Trinajstić information content (AvgIpc) is 2.81. The molecule has 0 unspecified atom stereocenters. The SMILES string of the molecule is CCCNC(=O)CN1C(=O)S/C(=C\c2ccc(C(C)C)cc2)C1=O. The Kier molecular flexibility index (Phi) is 6.20. The van der Waals surface area contributed by atoms with E-state index in [0.717, 1.165) is 28.6 Å². The van der Waals surface area contributed by atoms with Crippen LogP contribution in [-0.4, -0.2) is 35.0 Å². The molecule has 1 aromatic rings. The van der Waals surface area contributed by atoms with Crippen LogP contribution in [0.1, 0.15) is 44.2 Å². The maximum absolute atomic E-state index is 12.3. The molecule has 1 saturated heterocycles. The summed E-state index contributed by atoms with van der Waals surface area (Å²) in [4.78, 5) is 37.4. The molecule has 6 heteroatoms. The minimum atomic E-state index is -0.412. The van der Waals surface area contributed by atoms with Crippen molar-refractivity contribution in [1.82, 2.24) is 10.2 Å². The molecule has 1 N–H and O–H groups in total. The zero-order valence-electron chi connectivity index (χ0n) is 14.2. The number of thioether (sulfide) groups is 1. The first kappa shape index (κ1) is 18.3. The number of nitrogens with zero attached hydrogens (tertiary/aromatic N) is 1. The van der Waals surface area contributed by atoms with Crippen LogP contribution in [0.25, 0.3) is 6.08 Å². The molecule has 24 heavy (non-hydrogen) atoms. The molecule has 1 aliphatic heterocycles. The lowest BCUT2D eigenvalue weighted by molar-refractivity contribution is -0.129. The van der Waals surface area contributed by atoms with Crippen molar-refractivity contribution in [3.63, 3.8) is 0 Å². The maximum Gasteiger partial charge on any atom is 0.294 e. The van der Waals surface area contributed by atoms with Gasteiger partial charge in [-0.3, -0.25) is 19.3 Å². The van der Waals surface area contributed by atoms with E-state index in [2.05, 4.69) is 19.2 Å². The molecule has 0 atom stereocenters. The van der Waals surface area contributed by atoms with Gasteiger partial charge in [0.25, 0.3) is 11.1 Å². The second-order valence-electron chi connectivity index (χ2n) is 5.94. The summed E-state index contributed by atoms with van der Waals surface area (Å²) >= 11 is 0.871. The van der Waals surface area contributed by atoms with Crippen LogP contribution in [0.3, 0.4) is 0 Å². The van der Waals surface area contributed by atoms with Crippen LogP contribution in [0.2, 0.25) is 0 Å². The number of rotatable bonds is 6. The summed E-state index contributed by atoms with van der Waals surface area (Å²) in [6.07, 6.45) is 2.50. The van der Waals surface area contributed by atoms with Gasteiger partial charge in [-0.05, 0) is 41.3 Å². The zero-order chi connectivity index (χ0) is 17.7. The predicted molar refractivity (Wildman–Crippen MR) is 96.5 cm³/mol. The number of hydrogen-bond donors (Lipinski definition) is 1. The Morgan fingerprint density at radius 2 is 1.92 bits per heavy atom. The third kappa shape index (κ3) is 4.47. The third-order valence-electron chi connectivity index (χ3n) is 3.65. The molecule has 0 radical (unpaired) electrons. The Labute approximate surface area is 146 Å². The molecule has 5 nitrogen and oxygen atoms in total. The molecular formula is C18H22N2O3S. The number of amides is 3. The van der Waals surface area contributed by atoms with Gasteiger partial charge in [0.1, 0.15) is 6.54 Å². The Bertz CT molecular complexity index is 665. The summed E-state index contributed by atoms with van der Waals surface area (Å²) in [5, 5.41) is 2.26. The van der Waals surface area contributed by atoms with E-state index >= 15 is 0 Å². The summed E-state index contributed by atoms with van der Waals surface area (Å²) in [5.74, 6) is -0.292. The molecule has 1 fully saturated rings. The van der Waals surface area contributed by atoms with Crippen molar-refractivity contribution in [2.24, 2.45) is 0 Å². The fourth-order valence-electron chi connectivity index (χ4n) is 2.23. The smallest absolute Gasteiger partial charge is 0.294 e. The predicted octanol–water partition coefficient (Wildman–Crippen LogP) is 3.37. The Hall–Kier alpha value is -2.08. The van der Waals surface area contributed by atoms with E-state index in [1.165, 1.54) is 5.56 Å². The lowest BCUT2D eigenvalue weighted by Gasteiger charge is -2.11. The number of benzene rings is 1. The standard InChI is InChI=1S/C18H22N2O3S/c1-4-9-19-16(21)11-20-17(22)15(24-18(20)23)10-13-5-7-14(8-6-13)12(2)3/h5-8,10,12H,4,9,11H2,1-3H3,(H,19,21)/b15-10-. The highest BCUT2D eigenvalue weighted by molar-refractivity contribution is 8.18. The second kappa shape index (κ2) is 8.15. The van der Waals surface area contributed by atoms with Crippen molar-refractivity contribution in [2.45, 2.75) is 33.1 Å². The molecule has 0 aromatic heterocycles. The highest BCUT2D eigenvalue weighted by atomic mass is 32.2. The zero-order valence-corrected chi connectivity index (χ0v) is 15.0. The second-order valence-corrected chi connectivity index (χ2v) is 6.93. The fraction of sp³-hybridized carbons (Fsp3) is 0.389. The van der Waals surface area contributed by atoms with E-state index in [-0.39, 0.29) is 12.5 Å². The number of carbonyl (C=O) groups is 3. The molecule has 128 valence electrons. The summed E-state index contributed by atoms with van der Waals surface area (Å²) in [7, 11) is 0. The monoisotopic (exact) mass is 346 g/mol. The topological polar surface area (TPSA) is 66.5 Å². The van der Waals surface area contributed by atoms with Crippen LogP contribution in [0, 0.1) is 0 Å². The molecule has 3 amide bonds. The van der Waals surface area contributed by atoms with Gasteiger partial charge in [0.05, 0.1) is 4.91 Å². The van der Waals surface area contributed by atoms with Gasteiger partial charge in [-0.25, -0.2) is 0 Å². The van der Waals surface area contributed by atoms with Crippen LogP contribution >= 0.6 is 11.8 Å². The summed E-state index contributed by atoms with van der Waals surface area (Å²) in [6.45, 7) is 6.48. The van der Waals surface area contributed by atoms with E-state index in [9.17, 15) is 14.4 Å². The lowest BCUT2D eigenvalue weighted by atomic mass is 10.0. The Balaban J connectivity index is 2.08. The van der Waals surface area contributed by atoms with Gasteiger partial charge in [-0.1, -0.05) is 45.0 Å². The van der Waals surface area contributed by atoms with Crippen molar-refractivity contribution in [3.8, 4) is 0 Å².